The number of fused-ring (bicyclic) bond motifs is 3. The van der Waals surface area contributed by atoms with Crippen LogP contribution in [0.2, 0.25) is 0 Å². The maximum absolute atomic E-state index is 12.8. The Morgan fingerprint density at radius 2 is 1.92 bits per heavy atom. The van der Waals surface area contributed by atoms with E-state index in [1.807, 2.05) is 35.2 Å². The quantitative estimate of drug-likeness (QED) is 0.785. The maximum atomic E-state index is 12.8. The Morgan fingerprint density at radius 1 is 1.12 bits per heavy atom. The smallest absolute Gasteiger partial charge is 0.227 e. The topological polar surface area (TPSA) is 54.6 Å². The SMILES string of the molecule is COc1ccc(CC(=O)N2CCc3[nH]c4ccccc4c3C2)cc1OC. The summed E-state index contributed by atoms with van der Waals surface area (Å²) in [6.45, 7) is 1.40. The first-order chi connectivity index (χ1) is 12.7. The fourth-order valence-electron chi connectivity index (χ4n) is 3.66. The zero-order valence-electron chi connectivity index (χ0n) is 15.0. The number of aromatic nitrogens is 1. The fourth-order valence-corrected chi connectivity index (χ4v) is 3.66. The molecule has 0 aliphatic carbocycles. The number of nitrogens with one attached hydrogen (secondary N) is 1. The number of hydrogen-bond acceptors (Lipinski definition) is 3. The van der Waals surface area contributed by atoms with Crippen molar-refractivity contribution in [2.75, 3.05) is 20.8 Å². The van der Waals surface area contributed by atoms with Crippen LogP contribution in [0, 0.1) is 0 Å². The van der Waals surface area contributed by atoms with Gasteiger partial charge in [0.1, 0.15) is 0 Å². The van der Waals surface area contributed by atoms with Crippen LogP contribution in [0.4, 0.5) is 0 Å². The third-order valence-electron chi connectivity index (χ3n) is 5.04. The lowest BCUT2D eigenvalue weighted by molar-refractivity contribution is -0.131. The summed E-state index contributed by atoms with van der Waals surface area (Å²) in [6.07, 6.45) is 1.22. The highest BCUT2D eigenvalue weighted by Crippen LogP contribution is 2.30. The number of nitrogens with zero attached hydrogens (tertiary/aromatic N) is 1. The second kappa shape index (κ2) is 6.75. The van der Waals surface area contributed by atoms with Crippen molar-refractivity contribution in [1.82, 2.24) is 9.88 Å². The highest BCUT2D eigenvalue weighted by molar-refractivity contribution is 5.86. The summed E-state index contributed by atoms with van der Waals surface area (Å²) in [6, 6.07) is 13.9. The molecule has 0 fully saturated rings. The molecule has 0 saturated carbocycles. The largest absolute Gasteiger partial charge is 0.493 e. The van der Waals surface area contributed by atoms with Crippen molar-refractivity contribution in [3.8, 4) is 11.5 Å². The van der Waals surface area contributed by atoms with Crippen LogP contribution < -0.4 is 9.47 Å². The average Bonchev–Trinajstić information content (AvgIpc) is 3.05. The zero-order valence-corrected chi connectivity index (χ0v) is 15.0. The Morgan fingerprint density at radius 3 is 2.73 bits per heavy atom. The minimum atomic E-state index is 0.133. The Labute approximate surface area is 152 Å². The molecule has 0 saturated heterocycles. The Balaban J connectivity index is 1.53. The maximum Gasteiger partial charge on any atom is 0.227 e. The molecule has 5 heteroatoms. The molecule has 3 aromatic rings. The zero-order chi connectivity index (χ0) is 18.1. The van der Waals surface area contributed by atoms with Gasteiger partial charge in [-0.05, 0) is 23.8 Å². The van der Waals surface area contributed by atoms with Gasteiger partial charge in [-0.15, -0.1) is 0 Å². The molecule has 26 heavy (non-hydrogen) atoms. The number of ether oxygens (including phenoxy) is 2. The fraction of sp³-hybridized carbons (Fsp3) is 0.286. The van der Waals surface area contributed by atoms with E-state index >= 15 is 0 Å². The molecule has 5 nitrogen and oxygen atoms in total. The van der Waals surface area contributed by atoms with Crippen LogP contribution in [0.1, 0.15) is 16.8 Å². The van der Waals surface area contributed by atoms with Gasteiger partial charge in [0.15, 0.2) is 11.5 Å². The summed E-state index contributed by atoms with van der Waals surface area (Å²) < 4.78 is 10.6. The van der Waals surface area contributed by atoms with Crippen LogP contribution in [0.25, 0.3) is 10.9 Å². The monoisotopic (exact) mass is 350 g/mol. The lowest BCUT2D eigenvalue weighted by Crippen LogP contribution is -2.36. The number of hydrogen-bond donors (Lipinski definition) is 1. The summed E-state index contributed by atoms with van der Waals surface area (Å²) in [5, 5.41) is 1.21. The first kappa shape index (κ1) is 16.5. The molecule has 0 spiro atoms. The molecule has 0 radical (unpaired) electrons. The van der Waals surface area contributed by atoms with Gasteiger partial charge in [-0.25, -0.2) is 0 Å². The molecule has 134 valence electrons. The van der Waals surface area contributed by atoms with Crippen LogP contribution >= 0.6 is 0 Å². The van der Waals surface area contributed by atoms with E-state index in [0.29, 0.717) is 24.5 Å². The molecule has 1 aromatic heterocycles. The standard InChI is InChI=1S/C21H22N2O3/c1-25-19-8-7-14(11-20(19)26-2)12-21(24)23-10-9-18-16(13-23)15-5-3-4-6-17(15)22-18/h3-8,11,22H,9-10,12-13H2,1-2H3. The first-order valence-corrected chi connectivity index (χ1v) is 8.76. The molecule has 4 rings (SSSR count). The summed E-state index contributed by atoms with van der Waals surface area (Å²) in [7, 11) is 3.21. The third-order valence-corrected chi connectivity index (χ3v) is 5.04. The highest BCUT2D eigenvalue weighted by Gasteiger charge is 2.24. The van der Waals surface area contributed by atoms with Crippen molar-refractivity contribution in [3.63, 3.8) is 0 Å². The van der Waals surface area contributed by atoms with Crippen molar-refractivity contribution < 1.29 is 14.3 Å². The Kier molecular flexibility index (Phi) is 4.29. The predicted molar refractivity (Wildman–Crippen MR) is 101 cm³/mol. The number of carbonyl (C=O) groups excluding carboxylic acids is 1. The summed E-state index contributed by atoms with van der Waals surface area (Å²) in [5.41, 5.74) is 4.57. The van der Waals surface area contributed by atoms with Crippen molar-refractivity contribution in [3.05, 3.63) is 59.3 Å². The second-order valence-corrected chi connectivity index (χ2v) is 6.56. The third kappa shape index (κ3) is 2.90. The number of para-hydroxylation sites is 1. The van der Waals surface area contributed by atoms with Crippen LogP contribution in [0.5, 0.6) is 11.5 Å². The number of methoxy groups -OCH3 is 2. The van der Waals surface area contributed by atoms with E-state index in [9.17, 15) is 4.79 Å². The lowest BCUT2D eigenvalue weighted by Gasteiger charge is -2.27. The van der Waals surface area contributed by atoms with Gasteiger partial charge < -0.3 is 19.4 Å². The van der Waals surface area contributed by atoms with Gasteiger partial charge in [0, 0.05) is 41.7 Å². The van der Waals surface area contributed by atoms with E-state index in [4.69, 9.17) is 9.47 Å². The number of carbonyl (C=O) groups is 1. The average molecular weight is 350 g/mol. The van der Waals surface area contributed by atoms with Crippen molar-refractivity contribution >= 4 is 16.8 Å². The van der Waals surface area contributed by atoms with Crippen LogP contribution in [-0.4, -0.2) is 36.6 Å². The van der Waals surface area contributed by atoms with Crippen molar-refractivity contribution in [2.24, 2.45) is 0 Å². The van der Waals surface area contributed by atoms with E-state index in [0.717, 1.165) is 24.0 Å². The minimum absolute atomic E-state index is 0.133. The molecular weight excluding hydrogens is 328 g/mol. The molecule has 0 unspecified atom stereocenters. The number of aromatic amines is 1. The van der Waals surface area contributed by atoms with Gasteiger partial charge in [0.05, 0.1) is 20.6 Å². The van der Waals surface area contributed by atoms with E-state index in [-0.39, 0.29) is 5.91 Å². The number of H-pyrrole nitrogens is 1. The number of rotatable bonds is 4. The summed E-state index contributed by atoms with van der Waals surface area (Å²) in [4.78, 5) is 18.3. The lowest BCUT2D eigenvalue weighted by atomic mass is 10.0. The number of benzene rings is 2. The molecule has 0 bridgehead atoms. The Hall–Kier alpha value is -2.95. The molecule has 1 amide bonds. The van der Waals surface area contributed by atoms with E-state index < -0.39 is 0 Å². The minimum Gasteiger partial charge on any atom is -0.493 e. The van der Waals surface area contributed by atoms with Gasteiger partial charge >= 0.3 is 0 Å². The molecule has 2 heterocycles. The second-order valence-electron chi connectivity index (χ2n) is 6.56. The molecular formula is C21H22N2O3. The van der Waals surface area contributed by atoms with Crippen LogP contribution in [0.15, 0.2) is 42.5 Å². The normalized spacial score (nSPS) is 13.5. The summed E-state index contributed by atoms with van der Waals surface area (Å²) in [5.74, 6) is 1.45. The first-order valence-electron chi connectivity index (χ1n) is 8.76. The molecule has 1 aliphatic rings. The predicted octanol–water partition coefficient (Wildman–Crippen LogP) is 3.31. The van der Waals surface area contributed by atoms with Crippen molar-refractivity contribution in [2.45, 2.75) is 19.4 Å². The van der Waals surface area contributed by atoms with Gasteiger partial charge in [-0.1, -0.05) is 24.3 Å². The van der Waals surface area contributed by atoms with Crippen LogP contribution in [0.3, 0.4) is 0 Å². The molecule has 2 aromatic carbocycles. The van der Waals surface area contributed by atoms with Crippen LogP contribution in [-0.2, 0) is 24.2 Å². The van der Waals surface area contributed by atoms with Gasteiger partial charge in [0.2, 0.25) is 5.91 Å². The number of amides is 1. The Bertz CT molecular complexity index is 961. The van der Waals surface area contributed by atoms with Gasteiger partial charge in [0.25, 0.3) is 0 Å². The summed E-state index contributed by atoms with van der Waals surface area (Å²) >= 11 is 0. The van der Waals surface area contributed by atoms with E-state index in [1.54, 1.807) is 14.2 Å². The molecule has 0 atom stereocenters. The van der Waals surface area contributed by atoms with Gasteiger partial charge in [-0.3, -0.25) is 4.79 Å². The van der Waals surface area contributed by atoms with Gasteiger partial charge in [-0.2, -0.15) is 0 Å². The molecule has 1 aliphatic heterocycles. The van der Waals surface area contributed by atoms with E-state index in [2.05, 4.69) is 17.1 Å². The van der Waals surface area contributed by atoms with Crippen molar-refractivity contribution in [1.29, 1.82) is 0 Å². The molecule has 1 N–H and O–H groups in total. The van der Waals surface area contributed by atoms with E-state index in [1.165, 1.54) is 16.6 Å². The highest BCUT2D eigenvalue weighted by atomic mass is 16.5.